The highest BCUT2D eigenvalue weighted by atomic mass is 16.5. The van der Waals surface area contributed by atoms with Crippen LogP contribution in [0, 0.1) is 0 Å². The molecule has 0 saturated heterocycles. The minimum atomic E-state index is 0.571. The predicted molar refractivity (Wildman–Crippen MR) is 84.1 cm³/mol. The van der Waals surface area contributed by atoms with Crippen LogP contribution in [0.15, 0.2) is 42.5 Å². The van der Waals surface area contributed by atoms with Gasteiger partial charge in [0.2, 0.25) is 0 Å². The molecule has 0 spiro atoms. The summed E-state index contributed by atoms with van der Waals surface area (Å²) in [6.45, 7) is 5.26. The summed E-state index contributed by atoms with van der Waals surface area (Å²) < 4.78 is 5.71. The minimum Gasteiger partial charge on any atom is -0.493 e. The summed E-state index contributed by atoms with van der Waals surface area (Å²) in [6, 6.07) is 15.0. The van der Waals surface area contributed by atoms with Crippen LogP contribution in [0.25, 0.3) is 0 Å². The summed E-state index contributed by atoms with van der Waals surface area (Å²) in [7, 11) is 0. The molecule has 3 rings (SSSR count). The molecule has 1 aliphatic rings. The van der Waals surface area contributed by atoms with E-state index in [1.54, 1.807) is 0 Å². The fourth-order valence-corrected chi connectivity index (χ4v) is 2.54. The number of fused-ring (bicyclic) bond motifs is 1. The van der Waals surface area contributed by atoms with E-state index >= 15 is 0 Å². The Morgan fingerprint density at radius 3 is 2.50 bits per heavy atom. The molecule has 1 aliphatic heterocycles. The van der Waals surface area contributed by atoms with Gasteiger partial charge in [-0.05, 0) is 48.1 Å². The number of benzene rings is 2. The normalized spacial score (nSPS) is 13.8. The summed E-state index contributed by atoms with van der Waals surface area (Å²) in [5.74, 6) is 1.60. The molecule has 0 saturated carbocycles. The molecule has 20 heavy (non-hydrogen) atoms. The van der Waals surface area contributed by atoms with Crippen molar-refractivity contribution in [3.63, 3.8) is 0 Å². The van der Waals surface area contributed by atoms with Crippen LogP contribution >= 0.6 is 0 Å². The summed E-state index contributed by atoms with van der Waals surface area (Å²) >= 11 is 0. The van der Waals surface area contributed by atoms with Gasteiger partial charge in [0.15, 0.2) is 0 Å². The molecule has 0 unspecified atom stereocenters. The number of aryl methyl sites for hydroxylation is 1. The van der Waals surface area contributed by atoms with Gasteiger partial charge in [-0.3, -0.25) is 0 Å². The van der Waals surface area contributed by atoms with Gasteiger partial charge in [-0.1, -0.05) is 32.0 Å². The van der Waals surface area contributed by atoms with Crippen LogP contribution in [0.4, 0.5) is 11.4 Å². The van der Waals surface area contributed by atoms with Gasteiger partial charge in [-0.25, -0.2) is 0 Å². The van der Waals surface area contributed by atoms with Crippen LogP contribution in [0.1, 0.15) is 37.3 Å². The Bertz CT molecular complexity index is 587. The van der Waals surface area contributed by atoms with Gasteiger partial charge in [-0.15, -0.1) is 0 Å². The Kier molecular flexibility index (Phi) is 3.64. The zero-order chi connectivity index (χ0) is 13.9. The molecule has 2 aromatic rings. The SMILES string of the molecule is CC(C)c1ccc(Nc2ccc3c(c2)OCCC3)cc1. The highest BCUT2D eigenvalue weighted by Gasteiger charge is 2.10. The lowest BCUT2D eigenvalue weighted by atomic mass is 10.0. The highest BCUT2D eigenvalue weighted by Crippen LogP contribution is 2.29. The number of ether oxygens (including phenoxy) is 1. The summed E-state index contributed by atoms with van der Waals surface area (Å²) in [4.78, 5) is 0. The number of nitrogens with one attached hydrogen (secondary N) is 1. The first kappa shape index (κ1) is 13.0. The Labute approximate surface area is 120 Å². The van der Waals surface area contributed by atoms with E-state index in [1.165, 1.54) is 11.1 Å². The van der Waals surface area contributed by atoms with Crippen molar-refractivity contribution in [2.45, 2.75) is 32.6 Å². The minimum absolute atomic E-state index is 0.571. The highest BCUT2D eigenvalue weighted by molar-refractivity contribution is 5.62. The molecule has 0 aromatic heterocycles. The van der Waals surface area contributed by atoms with Gasteiger partial charge in [0.05, 0.1) is 6.61 Å². The fraction of sp³-hybridized carbons (Fsp3) is 0.333. The van der Waals surface area contributed by atoms with Crippen molar-refractivity contribution in [3.8, 4) is 5.75 Å². The second-order valence-electron chi connectivity index (χ2n) is 5.68. The molecule has 0 radical (unpaired) electrons. The third-order valence-corrected chi connectivity index (χ3v) is 3.78. The molecular weight excluding hydrogens is 246 g/mol. The first-order chi connectivity index (χ1) is 9.72. The average molecular weight is 267 g/mol. The van der Waals surface area contributed by atoms with Gasteiger partial charge >= 0.3 is 0 Å². The van der Waals surface area contributed by atoms with Gasteiger partial charge in [0.25, 0.3) is 0 Å². The monoisotopic (exact) mass is 267 g/mol. The van der Waals surface area contributed by atoms with Crippen molar-refractivity contribution < 1.29 is 4.74 Å². The maximum Gasteiger partial charge on any atom is 0.124 e. The second kappa shape index (κ2) is 5.58. The largest absolute Gasteiger partial charge is 0.493 e. The first-order valence-electron chi connectivity index (χ1n) is 7.35. The van der Waals surface area contributed by atoms with Crippen LogP contribution in [0.3, 0.4) is 0 Å². The lowest BCUT2D eigenvalue weighted by Crippen LogP contribution is -2.08. The molecule has 0 fully saturated rings. The molecular formula is C18H21NO. The zero-order valence-electron chi connectivity index (χ0n) is 12.1. The molecule has 0 atom stereocenters. The molecule has 2 heteroatoms. The molecule has 0 aliphatic carbocycles. The first-order valence-corrected chi connectivity index (χ1v) is 7.35. The van der Waals surface area contributed by atoms with E-state index in [0.717, 1.165) is 36.6 Å². The quantitative estimate of drug-likeness (QED) is 0.855. The van der Waals surface area contributed by atoms with Crippen molar-refractivity contribution in [3.05, 3.63) is 53.6 Å². The smallest absolute Gasteiger partial charge is 0.124 e. The zero-order valence-corrected chi connectivity index (χ0v) is 12.1. The van der Waals surface area contributed by atoms with Gasteiger partial charge in [0, 0.05) is 17.4 Å². The van der Waals surface area contributed by atoms with Crippen LogP contribution in [-0.4, -0.2) is 6.61 Å². The third-order valence-electron chi connectivity index (χ3n) is 3.78. The molecule has 104 valence electrons. The lowest BCUT2D eigenvalue weighted by molar-refractivity contribution is 0.288. The maximum atomic E-state index is 5.71. The summed E-state index contributed by atoms with van der Waals surface area (Å²) in [5.41, 5.74) is 4.88. The topological polar surface area (TPSA) is 21.3 Å². The third kappa shape index (κ3) is 2.79. The summed E-state index contributed by atoms with van der Waals surface area (Å²) in [5, 5.41) is 3.44. The van der Waals surface area contributed by atoms with Crippen molar-refractivity contribution in [1.82, 2.24) is 0 Å². The van der Waals surface area contributed by atoms with E-state index in [4.69, 9.17) is 4.74 Å². The number of hydrogen-bond acceptors (Lipinski definition) is 2. The summed E-state index contributed by atoms with van der Waals surface area (Å²) in [6.07, 6.45) is 2.25. The van der Waals surface area contributed by atoms with Gasteiger partial charge in [0.1, 0.15) is 5.75 Å². The molecule has 2 aromatic carbocycles. The van der Waals surface area contributed by atoms with E-state index in [2.05, 4.69) is 61.6 Å². The lowest BCUT2D eigenvalue weighted by Gasteiger charge is -2.18. The van der Waals surface area contributed by atoms with E-state index in [-0.39, 0.29) is 0 Å². The van der Waals surface area contributed by atoms with Gasteiger partial charge in [-0.2, -0.15) is 0 Å². The standard InChI is InChI=1S/C18H21NO/c1-13(2)14-5-8-16(9-6-14)19-17-10-7-15-4-3-11-20-18(15)12-17/h5-10,12-13,19H,3-4,11H2,1-2H3. The van der Waals surface area contributed by atoms with Gasteiger partial charge < -0.3 is 10.1 Å². The van der Waals surface area contributed by atoms with Crippen molar-refractivity contribution in [1.29, 1.82) is 0 Å². The van der Waals surface area contributed by atoms with Crippen LogP contribution < -0.4 is 10.1 Å². The Morgan fingerprint density at radius 1 is 1.00 bits per heavy atom. The fourth-order valence-electron chi connectivity index (χ4n) is 2.54. The number of hydrogen-bond donors (Lipinski definition) is 1. The molecule has 0 bridgehead atoms. The number of rotatable bonds is 3. The van der Waals surface area contributed by atoms with Crippen molar-refractivity contribution in [2.24, 2.45) is 0 Å². The van der Waals surface area contributed by atoms with E-state index in [9.17, 15) is 0 Å². The Hall–Kier alpha value is -1.96. The molecule has 1 heterocycles. The maximum absolute atomic E-state index is 5.71. The van der Waals surface area contributed by atoms with Crippen LogP contribution in [-0.2, 0) is 6.42 Å². The van der Waals surface area contributed by atoms with E-state index in [1.807, 2.05) is 0 Å². The van der Waals surface area contributed by atoms with Crippen molar-refractivity contribution >= 4 is 11.4 Å². The second-order valence-corrected chi connectivity index (χ2v) is 5.68. The average Bonchev–Trinajstić information content (AvgIpc) is 2.48. The van der Waals surface area contributed by atoms with E-state index in [0.29, 0.717) is 5.92 Å². The van der Waals surface area contributed by atoms with Crippen LogP contribution in [0.2, 0.25) is 0 Å². The molecule has 2 nitrogen and oxygen atoms in total. The van der Waals surface area contributed by atoms with Crippen LogP contribution in [0.5, 0.6) is 5.75 Å². The predicted octanol–water partition coefficient (Wildman–Crippen LogP) is 4.88. The van der Waals surface area contributed by atoms with Crippen molar-refractivity contribution in [2.75, 3.05) is 11.9 Å². The Balaban J connectivity index is 1.77. The van der Waals surface area contributed by atoms with E-state index < -0.39 is 0 Å². The molecule has 1 N–H and O–H groups in total. The number of anilines is 2. The molecule has 0 amide bonds. The Morgan fingerprint density at radius 2 is 1.75 bits per heavy atom.